The lowest BCUT2D eigenvalue weighted by Gasteiger charge is -2.29. The molecule has 0 spiro atoms. The highest BCUT2D eigenvalue weighted by atomic mass is 16.5. The molecular weight excluding hydrogens is 298 g/mol. The number of carbonyl (C=O) groups excluding carboxylic acids is 2. The minimum absolute atomic E-state index is 0.0665. The molecule has 7 nitrogen and oxygen atoms in total. The normalized spacial score (nSPS) is 13.5. The average Bonchev–Trinajstić information content (AvgIpc) is 2.90. The lowest BCUT2D eigenvalue weighted by molar-refractivity contribution is -0.121. The number of amides is 1. The quantitative estimate of drug-likeness (QED) is 0.866. The molecule has 1 aliphatic heterocycles. The number of anilines is 2. The monoisotopic (exact) mass is 315 g/mol. The number of fused-ring (bicyclic) bond motifs is 1. The van der Waals surface area contributed by atoms with Gasteiger partial charge in [0, 0.05) is 12.2 Å². The predicted molar refractivity (Wildman–Crippen MR) is 83.1 cm³/mol. The summed E-state index contributed by atoms with van der Waals surface area (Å²) in [5.41, 5.74) is 7.93. The molecule has 0 saturated heterocycles. The molecule has 23 heavy (non-hydrogen) atoms. The number of ether oxygens (including phenoxy) is 1. The van der Waals surface area contributed by atoms with Gasteiger partial charge in [-0.15, -0.1) is 0 Å². The highest BCUT2D eigenvalue weighted by Gasteiger charge is 2.25. The van der Waals surface area contributed by atoms with Gasteiger partial charge in [0.05, 0.1) is 5.69 Å². The van der Waals surface area contributed by atoms with E-state index in [-0.39, 0.29) is 24.0 Å². The van der Waals surface area contributed by atoms with E-state index in [1.807, 2.05) is 24.3 Å². The molecule has 120 valence electrons. The van der Waals surface area contributed by atoms with Gasteiger partial charge < -0.3 is 19.9 Å². The number of esters is 1. The molecule has 3 rings (SSSR count). The Morgan fingerprint density at radius 2 is 2.17 bits per heavy atom. The van der Waals surface area contributed by atoms with Gasteiger partial charge in [0.25, 0.3) is 5.91 Å². The van der Waals surface area contributed by atoms with Crippen molar-refractivity contribution in [3.8, 4) is 0 Å². The maximum atomic E-state index is 12.4. The highest BCUT2D eigenvalue weighted by Crippen LogP contribution is 2.26. The van der Waals surface area contributed by atoms with E-state index in [0.717, 1.165) is 24.1 Å². The first-order chi connectivity index (χ1) is 11.1. The van der Waals surface area contributed by atoms with Gasteiger partial charge in [-0.3, -0.25) is 4.79 Å². The number of nitrogens with two attached hydrogens (primary N) is 1. The predicted octanol–water partition coefficient (Wildman–Crippen LogP) is 1.70. The molecular formula is C16H17N3O4. The van der Waals surface area contributed by atoms with E-state index in [1.54, 1.807) is 11.8 Å². The topological polar surface area (TPSA) is 98.7 Å². The van der Waals surface area contributed by atoms with E-state index in [4.69, 9.17) is 15.0 Å². The van der Waals surface area contributed by atoms with E-state index in [9.17, 15) is 9.59 Å². The van der Waals surface area contributed by atoms with E-state index >= 15 is 0 Å². The van der Waals surface area contributed by atoms with Crippen molar-refractivity contribution >= 4 is 23.4 Å². The van der Waals surface area contributed by atoms with Crippen molar-refractivity contribution in [3.63, 3.8) is 0 Å². The van der Waals surface area contributed by atoms with Gasteiger partial charge in [-0.1, -0.05) is 23.4 Å². The summed E-state index contributed by atoms with van der Waals surface area (Å²) in [6, 6.07) is 7.74. The third-order valence-corrected chi connectivity index (χ3v) is 3.83. The number of benzene rings is 1. The molecule has 2 aromatic rings. The molecule has 0 radical (unpaired) electrons. The number of para-hydroxylation sites is 1. The van der Waals surface area contributed by atoms with Crippen LogP contribution in [0.5, 0.6) is 0 Å². The van der Waals surface area contributed by atoms with Crippen molar-refractivity contribution in [1.29, 1.82) is 0 Å². The summed E-state index contributed by atoms with van der Waals surface area (Å²) in [5, 5.41) is 3.59. The van der Waals surface area contributed by atoms with Crippen molar-refractivity contribution in [3.05, 3.63) is 41.1 Å². The number of rotatable bonds is 3. The summed E-state index contributed by atoms with van der Waals surface area (Å²) in [7, 11) is 0. The SMILES string of the molecule is Cc1noc(N)c1C(=O)OCC(=O)N1CCCc2ccccc21. The van der Waals surface area contributed by atoms with E-state index in [2.05, 4.69) is 5.16 Å². The zero-order chi connectivity index (χ0) is 16.4. The van der Waals surface area contributed by atoms with E-state index in [1.165, 1.54) is 0 Å². The van der Waals surface area contributed by atoms with Crippen molar-refractivity contribution < 1.29 is 18.8 Å². The van der Waals surface area contributed by atoms with Crippen LogP contribution in [0.1, 0.15) is 28.0 Å². The van der Waals surface area contributed by atoms with Gasteiger partial charge >= 0.3 is 5.97 Å². The maximum absolute atomic E-state index is 12.4. The van der Waals surface area contributed by atoms with E-state index in [0.29, 0.717) is 12.2 Å². The van der Waals surface area contributed by atoms with Gasteiger partial charge in [0.15, 0.2) is 6.61 Å². The first kappa shape index (κ1) is 15.1. The Kier molecular flexibility index (Phi) is 4.01. The molecule has 0 unspecified atom stereocenters. The van der Waals surface area contributed by atoms with Crippen molar-refractivity contribution in [1.82, 2.24) is 5.16 Å². The van der Waals surface area contributed by atoms with Crippen LogP contribution in [0.3, 0.4) is 0 Å². The molecule has 0 atom stereocenters. The van der Waals surface area contributed by atoms with Crippen LogP contribution in [-0.4, -0.2) is 30.2 Å². The number of aromatic nitrogens is 1. The summed E-state index contributed by atoms with van der Waals surface area (Å²) >= 11 is 0. The molecule has 0 aliphatic carbocycles. The fraction of sp³-hybridized carbons (Fsp3) is 0.312. The van der Waals surface area contributed by atoms with Gasteiger partial charge in [-0.2, -0.15) is 0 Å². The highest BCUT2D eigenvalue weighted by molar-refractivity contribution is 5.99. The largest absolute Gasteiger partial charge is 0.452 e. The van der Waals surface area contributed by atoms with Crippen LogP contribution < -0.4 is 10.6 Å². The molecule has 2 N–H and O–H groups in total. The minimum Gasteiger partial charge on any atom is -0.452 e. The fourth-order valence-corrected chi connectivity index (χ4v) is 2.71. The van der Waals surface area contributed by atoms with Crippen LogP contribution in [0, 0.1) is 6.92 Å². The number of carbonyl (C=O) groups is 2. The molecule has 7 heteroatoms. The summed E-state index contributed by atoms with van der Waals surface area (Å²) in [6.45, 7) is 1.85. The fourth-order valence-electron chi connectivity index (χ4n) is 2.71. The molecule has 1 aromatic heterocycles. The summed E-state index contributed by atoms with van der Waals surface area (Å²) in [6.07, 6.45) is 1.82. The van der Waals surface area contributed by atoms with Crippen LogP contribution in [0.4, 0.5) is 11.6 Å². The van der Waals surface area contributed by atoms with Crippen molar-refractivity contribution in [2.75, 3.05) is 23.8 Å². The lowest BCUT2D eigenvalue weighted by atomic mass is 10.0. The van der Waals surface area contributed by atoms with Crippen LogP contribution in [0.15, 0.2) is 28.8 Å². The minimum atomic E-state index is -0.708. The van der Waals surface area contributed by atoms with Crippen LogP contribution >= 0.6 is 0 Å². The van der Waals surface area contributed by atoms with Gasteiger partial charge in [0.1, 0.15) is 5.56 Å². The average molecular weight is 315 g/mol. The van der Waals surface area contributed by atoms with Crippen LogP contribution in [0.2, 0.25) is 0 Å². The van der Waals surface area contributed by atoms with Gasteiger partial charge in [0.2, 0.25) is 5.88 Å². The molecule has 0 fully saturated rings. The Hall–Kier alpha value is -2.83. The van der Waals surface area contributed by atoms with Crippen LogP contribution in [0.25, 0.3) is 0 Å². The Balaban J connectivity index is 1.68. The standard InChI is InChI=1S/C16H17N3O4/c1-10-14(15(17)23-18-10)16(21)22-9-13(20)19-8-4-6-11-5-2-3-7-12(11)19/h2-3,5,7H,4,6,8-9,17H2,1H3. The van der Waals surface area contributed by atoms with Gasteiger partial charge in [-0.05, 0) is 31.4 Å². The molecule has 1 amide bonds. The summed E-state index contributed by atoms with van der Waals surface area (Å²) in [5.74, 6) is -1.08. The third kappa shape index (κ3) is 2.90. The Bertz CT molecular complexity index is 734. The molecule has 0 bridgehead atoms. The van der Waals surface area contributed by atoms with Gasteiger partial charge in [-0.25, -0.2) is 4.79 Å². The second-order valence-electron chi connectivity index (χ2n) is 5.36. The maximum Gasteiger partial charge on any atom is 0.346 e. The molecule has 1 aliphatic rings. The van der Waals surface area contributed by atoms with E-state index < -0.39 is 5.97 Å². The third-order valence-electron chi connectivity index (χ3n) is 3.83. The number of nitrogen functional groups attached to an aromatic ring is 1. The summed E-state index contributed by atoms with van der Waals surface area (Å²) in [4.78, 5) is 26.0. The first-order valence-corrected chi connectivity index (χ1v) is 7.35. The molecule has 1 aromatic carbocycles. The zero-order valence-corrected chi connectivity index (χ0v) is 12.7. The number of nitrogens with zero attached hydrogens (tertiary/aromatic N) is 2. The Morgan fingerprint density at radius 3 is 2.91 bits per heavy atom. The second-order valence-corrected chi connectivity index (χ2v) is 5.36. The number of hydrogen-bond donors (Lipinski definition) is 1. The first-order valence-electron chi connectivity index (χ1n) is 7.35. The second kappa shape index (κ2) is 6.12. The molecule has 2 heterocycles. The lowest BCUT2D eigenvalue weighted by Crippen LogP contribution is -2.38. The van der Waals surface area contributed by atoms with Crippen molar-refractivity contribution in [2.45, 2.75) is 19.8 Å². The van der Waals surface area contributed by atoms with Crippen LogP contribution in [-0.2, 0) is 16.0 Å². The molecule has 0 saturated carbocycles. The Labute approximate surface area is 133 Å². The number of aryl methyl sites for hydroxylation is 2. The Morgan fingerprint density at radius 1 is 1.39 bits per heavy atom. The van der Waals surface area contributed by atoms with Crippen molar-refractivity contribution in [2.24, 2.45) is 0 Å². The smallest absolute Gasteiger partial charge is 0.346 e. The number of hydrogen-bond acceptors (Lipinski definition) is 6. The zero-order valence-electron chi connectivity index (χ0n) is 12.7. The summed E-state index contributed by atoms with van der Waals surface area (Å²) < 4.78 is 9.79.